The molecule has 0 aliphatic heterocycles. The maximum atomic E-state index is 12.1. The third kappa shape index (κ3) is 2.38. The first-order valence-electron chi connectivity index (χ1n) is 7.99. The van der Waals surface area contributed by atoms with E-state index in [-0.39, 0.29) is 11.3 Å². The highest BCUT2D eigenvalue weighted by Gasteiger charge is 2.27. The Hall–Kier alpha value is -2.33. The van der Waals surface area contributed by atoms with E-state index in [1.165, 1.54) is 7.11 Å². The summed E-state index contributed by atoms with van der Waals surface area (Å²) in [7, 11) is 1.37. The van der Waals surface area contributed by atoms with Crippen molar-refractivity contribution in [2.45, 2.75) is 24.1 Å². The summed E-state index contributed by atoms with van der Waals surface area (Å²) in [6, 6.07) is 9.81. The molecule has 1 aromatic carbocycles. The monoisotopic (exact) mass is 340 g/mol. The van der Waals surface area contributed by atoms with Crippen LogP contribution in [0.3, 0.4) is 0 Å². The number of pyridine rings is 1. The van der Waals surface area contributed by atoms with Crippen LogP contribution in [0.1, 0.15) is 34.9 Å². The van der Waals surface area contributed by atoms with E-state index in [0.29, 0.717) is 5.69 Å². The molecule has 0 bridgehead atoms. The van der Waals surface area contributed by atoms with Crippen LogP contribution in [0.5, 0.6) is 0 Å². The third-order valence-electron chi connectivity index (χ3n) is 4.58. The molecule has 1 aliphatic carbocycles. The smallest absolute Gasteiger partial charge is 0.356 e. The predicted molar refractivity (Wildman–Crippen MR) is 95.7 cm³/mol. The first-order valence-corrected chi connectivity index (χ1v) is 8.43. The zero-order valence-electron chi connectivity index (χ0n) is 13.3. The highest BCUT2D eigenvalue weighted by Crippen LogP contribution is 2.37. The van der Waals surface area contributed by atoms with Gasteiger partial charge >= 0.3 is 5.97 Å². The summed E-state index contributed by atoms with van der Waals surface area (Å²) in [5.74, 6) is -0.463. The van der Waals surface area contributed by atoms with E-state index >= 15 is 0 Å². The Balaban J connectivity index is 2.04. The number of para-hydroxylation sites is 1. The van der Waals surface area contributed by atoms with E-state index in [9.17, 15) is 4.79 Å². The van der Waals surface area contributed by atoms with Crippen LogP contribution >= 0.6 is 11.6 Å². The second-order valence-corrected chi connectivity index (χ2v) is 6.59. The van der Waals surface area contributed by atoms with Crippen molar-refractivity contribution >= 4 is 39.4 Å². The molecular formula is C19H17ClN2O2. The summed E-state index contributed by atoms with van der Waals surface area (Å²) in [5.41, 5.74) is 3.07. The van der Waals surface area contributed by atoms with Crippen LogP contribution in [-0.2, 0) is 4.74 Å². The Morgan fingerprint density at radius 2 is 2.17 bits per heavy atom. The third-order valence-corrected chi connectivity index (χ3v) is 5.07. The number of methoxy groups -OCH3 is 1. The Bertz CT molecular complexity index is 961. The molecule has 5 heteroatoms. The highest BCUT2D eigenvalue weighted by atomic mass is 35.5. The number of hydrogen-bond donors (Lipinski definition) is 1. The van der Waals surface area contributed by atoms with Crippen molar-refractivity contribution in [3.63, 3.8) is 0 Å². The summed E-state index contributed by atoms with van der Waals surface area (Å²) in [6.45, 7) is 0. The molecule has 2 heterocycles. The van der Waals surface area contributed by atoms with Gasteiger partial charge in [0.1, 0.15) is 5.69 Å². The van der Waals surface area contributed by atoms with Gasteiger partial charge in [-0.25, -0.2) is 9.78 Å². The van der Waals surface area contributed by atoms with Crippen LogP contribution in [0.15, 0.2) is 42.5 Å². The van der Waals surface area contributed by atoms with Crippen molar-refractivity contribution in [3.8, 4) is 0 Å². The minimum Gasteiger partial charge on any atom is -0.464 e. The lowest BCUT2D eigenvalue weighted by Gasteiger charge is -2.22. The van der Waals surface area contributed by atoms with Crippen LogP contribution in [-0.4, -0.2) is 28.4 Å². The van der Waals surface area contributed by atoms with Crippen molar-refractivity contribution in [3.05, 3.63) is 53.9 Å². The number of rotatable bonds is 2. The number of benzene rings is 1. The molecule has 1 aliphatic rings. The molecular weight excluding hydrogens is 324 g/mol. The van der Waals surface area contributed by atoms with Gasteiger partial charge in [0.05, 0.1) is 18.3 Å². The van der Waals surface area contributed by atoms with Gasteiger partial charge in [0.25, 0.3) is 0 Å². The molecule has 0 fully saturated rings. The van der Waals surface area contributed by atoms with Gasteiger partial charge in [0.2, 0.25) is 0 Å². The normalized spacial score (nSPS) is 20.6. The Morgan fingerprint density at radius 1 is 1.33 bits per heavy atom. The quantitative estimate of drug-likeness (QED) is 0.423. The van der Waals surface area contributed by atoms with Gasteiger partial charge in [0, 0.05) is 27.6 Å². The number of alkyl halides is 1. The summed E-state index contributed by atoms with van der Waals surface area (Å²) in [4.78, 5) is 20.1. The molecule has 0 radical (unpaired) electrons. The van der Waals surface area contributed by atoms with Crippen molar-refractivity contribution in [1.29, 1.82) is 0 Å². The fourth-order valence-corrected chi connectivity index (χ4v) is 3.71. The fourth-order valence-electron chi connectivity index (χ4n) is 3.38. The standard InChI is InChI=1S/C19H17ClN2O2/c1-24-19(23)16-10-13-11-6-3-5-9-15(11)21-18(13)17(22-16)12-7-2-4-8-14(12)20/h2-3,5-7,9-10,12,14,21H,4,8H2,1H3. The fraction of sp³-hybridized carbons (Fsp3) is 0.263. The summed E-state index contributed by atoms with van der Waals surface area (Å²) < 4.78 is 4.88. The average Bonchev–Trinajstić information content (AvgIpc) is 2.99. The second-order valence-electron chi connectivity index (χ2n) is 6.02. The van der Waals surface area contributed by atoms with Crippen molar-refractivity contribution in [2.24, 2.45) is 0 Å². The maximum Gasteiger partial charge on any atom is 0.356 e. The Morgan fingerprint density at radius 3 is 2.96 bits per heavy atom. The number of allylic oxidation sites excluding steroid dienone is 2. The average molecular weight is 341 g/mol. The minimum atomic E-state index is -0.436. The first kappa shape index (κ1) is 15.2. The predicted octanol–water partition coefficient (Wildman–Crippen LogP) is 4.54. The number of H-pyrrole nitrogens is 1. The number of aromatic amines is 1. The largest absolute Gasteiger partial charge is 0.464 e. The Labute approximate surface area is 144 Å². The number of hydrogen-bond acceptors (Lipinski definition) is 3. The van der Waals surface area contributed by atoms with E-state index in [1.807, 2.05) is 24.3 Å². The number of nitrogens with one attached hydrogen (secondary N) is 1. The van der Waals surface area contributed by atoms with Gasteiger partial charge < -0.3 is 9.72 Å². The van der Waals surface area contributed by atoms with E-state index < -0.39 is 5.97 Å². The van der Waals surface area contributed by atoms with Crippen molar-refractivity contribution in [2.75, 3.05) is 7.11 Å². The molecule has 0 saturated carbocycles. The van der Waals surface area contributed by atoms with Crippen LogP contribution in [0.2, 0.25) is 0 Å². The molecule has 1 N–H and O–H groups in total. The Kier molecular flexibility index (Phi) is 3.77. The van der Waals surface area contributed by atoms with E-state index in [0.717, 1.165) is 40.3 Å². The van der Waals surface area contributed by atoms with Crippen molar-refractivity contribution < 1.29 is 9.53 Å². The van der Waals surface area contributed by atoms with E-state index in [2.05, 4.69) is 22.1 Å². The summed E-state index contributed by atoms with van der Waals surface area (Å²) in [6.07, 6.45) is 6.09. The molecule has 24 heavy (non-hydrogen) atoms. The molecule has 3 aromatic rings. The maximum absolute atomic E-state index is 12.1. The lowest BCUT2D eigenvalue weighted by atomic mass is 9.91. The number of esters is 1. The second kappa shape index (κ2) is 5.95. The molecule has 0 saturated heterocycles. The minimum absolute atomic E-state index is 0.0272. The number of carbonyl (C=O) groups is 1. The number of aromatic nitrogens is 2. The molecule has 4 rings (SSSR count). The van der Waals surface area contributed by atoms with Crippen LogP contribution in [0, 0.1) is 0 Å². The lowest BCUT2D eigenvalue weighted by Crippen LogP contribution is -2.17. The number of halogens is 1. The topological polar surface area (TPSA) is 55.0 Å². The lowest BCUT2D eigenvalue weighted by molar-refractivity contribution is 0.0594. The molecule has 4 nitrogen and oxygen atoms in total. The zero-order valence-corrected chi connectivity index (χ0v) is 14.0. The molecule has 2 atom stereocenters. The number of nitrogens with zero attached hydrogens (tertiary/aromatic N) is 1. The summed E-state index contributed by atoms with van der Waals surface area (Å²) >= 11 is 6.56. The SMILES string of the molecule is COC(=O)c1cc2c([nH]c3ccccc32)c(C2C=CCCC2Cl)n1. The molecule has 122 valence electrons. The molecule has 2 aromatic heterocycles. The molecule has 2 unspecified atom stereocenters. The van der Waals surface area contributed by atoms with Gasteiger partial charge in [-0.05, 0) is 25.0 Å². The molecule has 0 spiro atoms. The van der Waals surface area contributed by atoms with Gasteiger partial charge in [-0.15, -0.1) is 11.6 Å². The van der Waals surface area contributed by atoms with E-state index in [4.69, 9.17) is 16.3 Å². The van der Waals surface area contributed by atoms with Crippen LogP contribution in [0.4, 0.5) is 0 Å². The number of fused-ring (bicyclic) bond motifs is 3. The van der Waals surface area contributed by atoms with Crippen LogP contribution < -0.4 is 0 Å². The van der Waals surface area contributed by atoms with E-state index in [1.54, 1.807) is 6.07 Å². The summed E-state index contributed by atoms with van der Waals surface area (Å²) in [5, 5.41) is 2.00. The van der Waals surface area contributed by atoms with Crippen molar-refractivity contribution in [1.82, 2.24) is 9.97 Å². The van der Waals surface area contributed by atoms with Crippen LogP contribution in [0.25, 0.3) is 21.8 Å². The van der Waals surface area contributed by atoms with Gasteiger partial charge in [-0.2, -0.15) is 0 Å². The van der Waals surface area contributed by atoms with Gasteiger partial charge in [-0.1, -0.05) is 30.4 Å². The zero-order chi connectivity index (χ0) is 16.7. The van der Waals surface area contributed by atoms with Gasteiger partial charge in [-0.3, -0.25) is 0 Å². The highest BCUT2D eigenvalue weighted by molar-refractivity contribution is 6.21. The molecule has 0 amide bonds. The van der Waals surface area contributed by atoms with Gasteiger partial charge in [0.15, 0.2) is 0 Å². The number of carbonyl (C=O) groups excluding carboxylic acids is 1. The first-order chi connectivity index (χ1) is 11.7. The number of ether oxygens (including phenoxy) is 1.